The molecule has 122 valence electrons. The van der Waals surface area contributed by atoms with E-state index in [2.05, 4.69) is 19.8 Å². The molecule has 0 aliphatic heterocycles. The van der Waals surface area contributed by atoms with Gasteiger partial charge in [0, 0.05) is 5.39 Å². The van der Waals surface area contributed by atoms with E-state index in [1.807, 2.05) is 0 Å². The van der Waals surface area contributed by atoms with E-state index < -0.39 is 10.0 Å². The molecule has 2 heterocycles. The summed E-state index contributed by atoms with van der Waals surface area (Å²) in [6, 6.07) is 11.8. The minimum Gasteiger partial charge on any atom is -0.356 e. The Bertz CT molecular complexity index is 1200. The first-order valence-corrected chi connectivity index (χ1v) is 8.71. The Kier molecular flexibility index (Phi) is 3.17. The Morgan fingerprint density at radius 1 is 1.08 bits per heavy atom. The molecule has 0 fully saturated rings. The predicted molar refractivity (Wildman–Crippen MR) is 89.2 cm³/mol. The van der Waals surface area contributed by atoms with Crippen molar-refractivity contribution in [3.63, 3.8) is 0 Å². The SMILES string of the molecule is O=c1[nH]c2ccc(NS(=O)(=O)Cc3noc4ccccc34)cc2[nH]1. The van der Waals surface area contributed by atoms with E-state index in [1.54, 1.807) is 42.5 Å². The topological polar surface area (TPSA) is 121 Å². The molecule has 0 aliphatic carbocycles. The van der Waals surface area contributed by atoms with Gasteiger partial charge in [0.25, 0.3) is 0 Å². The van der Waals surface area contributed by atoms with Crippen LogP contribution in [0.2, 0.25) is 0 Å². The van der Waals surface area contributed by atoms with Gasteiger partial charge in [-0.05, 0) is 30.3 Å². The van der Waals surface area contributed by atoms with E-state index in [1.165, 1.54) is 0 Å². The molecule has 2 aromatic carbocycles. The molecule has 8 nitrogen and oxygen atoms in total. The van der Waals surface area contributed by atoms with Gasteiger partial charge in [0.2, 0.25) is 10.0 Å². The second-order valence-corrected chi connectivity index (χ2v) is 7.05. The molecule has 0 spiro atoms. The van der Waals surface area contributed by atoms with Crippen molar-refractivity contribution in [2.24, 2.45) is 0 Å². The Morgan fingerprint density at radius 2 is 1.88 bits per heavy atom. The van der Waals surface area contributed by atoms with Gasteiger partial charge in [-0.25, -0.2) is 13.2 Å². The highest BCUT2D eigenvalue weighted by Crippen LogP contribution is 2.21. The molecule has 0 saturated heterocycles. The molecule has 0 saturated carbocycles. The van der Waals surface area contributed by atoms with Crippen LogP contribution in [0.15, 0.2) is 51.8 Å². The third kappa shape index (κ3) is 2.65. The highest BCUT2D eigenvalue weighted by molar-refractivity contribution is 7.91. The summed E-state index contributed by atoms with van der Waals surface area (Å²) < 4.78 is 32.4. The first-order valence-electron chi connectivity index (χ1n) is 7.06. The minimum absolute atomic E-state index is 0.314. The number of nitrogens with zero attached hydrogens (tertiary/aromatic N) is 1. The molecule has 3 N–H and O–H groups in total. The molecular formula is C15H12N4O4S. The van der Waals surface area contributed by atoms with Crippen LogP contribution in [0.4, 0.5) is 5.69 Å². The van der Waals surface area contributed by atoms with Crippen molar-refractivity contribution in [2.45, 2.75) is 5.75 Å². The summed E-state index contributed by atoms with van der Waals surface area (Å²) in [6.07, 6.45) is 0. The van der Waals surface area contributed by atoms with Crippen LogP contribution in [0, 0.1) is 0 Å². The number of nitrogens with one attached hydrogen (secondary N) is 3. The van der Waals surface area contributed by atoms with Gasteiger partial charge in [0.15, 0.2) is 5.58 Å². The summed E-state index contributed by atoms with van der Waals surface area (Å²) in [4.78, 5) is 16.4. The van der Waals surface area contributed by atoms with Gasteiger partial charge >= 0.3 is 5.69 Å². The maximum Gasteiger partial charge on any atom is 0.323 e. The fraction of sp³-hybridized carbons (Fsp3) is 0.0667. The molecule has 0 amide bonds. The van der Waals surface area contributed by atoms with E-state index in [0.29, 0.717) is 33.4 Å². The number of hydrogen-bond acceptors (Lipinski definition) is 5. The van der Waals surface area contributed by atoms with Gasteiger partial charge in [-0.1, -0.05) is 17.3 Å². The summed E-state index contributed by atoms with van der Waals surface area (Å²) in [7, 11) is -3.69. The number of para-hydroxylation sites is 1. The van der Waals surface area contributed by atoms with Gasteiger partial charge in [-0.2, -0.15) is 0 Å². The third-order valence-corrected chi connectivity index (χ3v) is 4.77. The van der Waals surface area contributed by atoms with Gasteiger partial charge in [-0.15, -0.1) is 0 Å². The zero-order valence-corrected chi connectivity index (χ0v) is 13.1. The van der Waals surface area contributed by atoms with E-state index in [9.17, 15) is 13.2 Å². The van der Waals surface area contributed by atoms with Crippen molar-refractivity contribution < 1.29 is 12.9 Å². The first-order chi connectivity index (χ1) is 11.5. The summed E-state index contributed by atoms with van der Waals surface area (Å²) in [5.41, 5.74) is 2.01. The normalized spacial score (nSPS) is 12.0. The monoisotopic (exact) mass is 344 g/mol. The van der Waals surface area contributed by atoms with Crippen LogP contribution in [-0.2, 0) is 15.8 Å². The fourth-order valence-corrected chi connectivity index (χ4v) is 3.66. The largest absolute Gasteiger partial charge is 0.356 e. The third-order valence-electron chi connectivity index (χ3n) is 3.57. The van der Waals surface area contributed by atoms with E-state index in [4.69, 9.17) is 4.52 Å². The fourth-order valence-electron chi connectivity index (χ4n) is 2.53. The number of H-pyrrole nitrogens is 2. The summed E-state index contributed by atoms with van der Waals surface area (Å²) in [6.45, 7) is 0. The molecular weight excluding hydrogens is 332 g/mol. The average molecular weight is 344 g/mol. The second kappa shape index (κ2) is 5.24. The molecule has 4 rings (SSSR count). The van der Waals surface area contributed by atoms with E-state index >= 15 is 0 Å². The van der Waals surface area contributed by atoms with Crippen molar-refractivity contribution in [3.8, 4) is 0 Å². The number of imidazole rings is 1. The zero-order chi connectivity index (χ0) is 16.7. The summed E-state index contributed by atoms with van der Waals surface area (Å²) >= 11 is 0. The Labute approximate surface area is 135 Å². The lowest BCUT2D eigenvalue weighted by molar-refractivity contribution is 0.448. The lowest BCUT2D eigenvalue weighted by Crippen LogP contribution is -2.15. The Morgan fingerprint density at radius 3 is 2.75 bits per heavy atom. The maximum absolute atomic E-state index is 12.4. The van der Waals surface area contributed by atoms with Crippen molar-refractivity contribution in [3.05, 3.63) is 58.6 Å². The molecule has 0 unspecified atom stereocenters. The minimum atomic E-state index is -3.69. The Hall–Kier alpha value is -3.07. The molecule has 0 aliphatic rings. The number of hydrogen-bond donors (Lipinski definition) is 3. The Balaban J connectivity index is 1.63. The number of rotatable bonds is 4. The molecule has 0 radical (unpaired) electrons. The van der Waals surface area contributed by atoms with Crippen molar-refractivity contribution in [2.75, 3.05) is 4.72 Å². The molecule has 9 heteroatoms. The van der Waals surface area contributed by atoms with Crippen LogP contribution >= 0.6 is 0 Å². The van der Waals surface area contributed by atoms with Gasteiger partial charge in [-0.3, -0.25) is 4.72 Å². The van der Waals surface area contributed by atoms with Crippen LogP contribution in [0.3, 0.4) is 0 Å². The van der Waals surface area contributed by atoms with Gasteiger partial charge < -0.3 is 14.5 Å². The van der Waals surface area contributed by atoms with Crippen LogP contribution in [0.25, 0.3) is 22.0 Å². The number of sulfonamides is 1. The number of aromatic nitrogens is 3. The lowest BCUT2D eigenvalue weighted by atomic mass is 10.2. The molecule has 4 aromatic rings. The van der Waals surface area contributed by atoms with Crippen LogP contribution in [0.5, 0.6) is 0 Å². The van der Waals surface area contributed by atoms with Crippen LogP contribution < -0.4 is 10.4 Å². The quantitative estimate of drug-likeness (QED) is 0.522. The van der Waals surface area contributed by atoms with Crippen LogP contribution in [0.1, 0.15) is 5.69 Å². The number of anilines is 1. The van der Waals surface area contributed by atoms with Crippen molar-refractivity contribution in [1.82, 2.24) is 15.1 Å². The van der Waals surface area contributed by atoms with Gasteiger partial charge in [0.05, 0.1) is 16.7 Å². The average Bonchev–Trinajstić information content (AvgIpc) is 3.09. The highest BCUT2D eigenvalue weighted by Gasteiger charge is 2.17. The van der Waals surface area contributed by atoms with E-state index in [-0.39, 0.29) is 11.4 Å². The highest BCUT2D eigenvalue weighted by atomic mass is 32.2. The summed E-state index contributed by atoms with van der Waals surface area (Å²) in [5, 5.41) is 4.49. The number of fused-ring (bicyclic) bond motifs is 2. The number of benzene rings is 2. The first kappa shape index (κ1) is 14.5. The standard InChI is InChI=1S/C15H12N4O4S/c20-15-16-11-6-5-9(7-12(11)17-15)19-24(21,22)8-13-10-3-1-2-4-14(10)23-18-13/h1-7,19H,8H2,(H2,16,17,20). The van der Waals surface area contributed by atoms with Crippen molar-refractivity contribution >= 4 is 37.7 Å². The molecule has 24 heavy (non-hydrogen) atoms. The summed E-state index contributed by atoms with van der Waals surface area (Å²) in [5.74, 6) is -0.314. The predicted octanol–water partition coefficient (Wildman–Crippen LogP) is 1.94. The van der Waals surface area contributed by atoms with Crippen molar-refractivity contribution in [1.29, 1.82) is 0 Å². The molecule has 2 aromatic heterocycles. The zero-order valence-electron chi connectivity index (χ0n) is 12.2. The number of aromatic amines is 2. The molecule has 0 bridgehead atoms. The lowest BCUT2D eigenvalue weighted by Gasteiger charge is -2.06. The van der Waals surface area contributed by atoms with Gasteiger partial charge in [0.1, 0.15) is 11.4 Å². The van der Waals surface area contributed by atoms with E-state index in [0.717, 1.165) is 0 Å². The maximum atomic E-state index is 12.4. The molecule has 0 atom stereocenters. The second-order valence-electron chi connectivity index (χ2n) is 5.33. The van der Waals surface area contributed by atoms with Crippen LogP contribution in [-0.4, -0.2) is 23.5 Å². The smallest absolute Gasteiger partial charge is 0.323 e.